The molecule has 0 radical (unpaired) electrons. The Morgan fingerprint density at radius 2 is 1.71 bits per heavy atom. The summed E-state index contributed by atoms with van der Waals surface area (Å²) < 4.78 is 0. The van der Waals surface area contributed by atoms with Crippen LogP contribution in [0.25, 0.3) is 6.08 Å². The van der Waals surface area contributed by atoms with Gasteiger partial charge in [0.25, 0.3) is 0 Å². The van der Waals surface area contributed by atoms with Crippen molar-refractivity contribution in [1.29, 1.82) is 0 Å². The van der Waals surface area contributed by atoms with Gasteiger partial charge in [-0.25, -0.2) is 0 Å². The summed E-state index contributed by atoms with van der Waals surface area (Å²) in [5.41, 5.74) is 4.00. The Hall–Kier alpha value is -1.04. The Morgan fingerprint density at radius 3 is 2.14 bits per heavy atom. The highest BCUT2D eigenvalue weighted by Crippen LogP contribution is 2.11. The SMILES string of the molecule is C/C=C/c1ccc(C)cc1C.CCC. The third kappa shape index (κ3) is 4.86. The Balaban J connectivity index is 0.000000500. The molecule has 0 aliphatic carbocycles. The predicted molar refractivity (Wildman–Crippen MR) is 66.6 cm³/mol. The minimum Gasteiger partial charge on any atom is -0.0871 e. The van der Waals surface area contributed by atoms with Crippen molar-refractivity contribution < 1.29 is 0 Å². The van der Waals surface area contributed by atoms with E-state index in [0.717, 1.165) is 0 Å². The zero-order chi connectivity index (χ0) is 11.0. The van der Waals surface area contributed by atoms with Crippen LogP contribution in [0.3, 0.4) is 0 Å². The summed E-state index contributed by atoms with van der Waals surface area (Å²) in [7, 11) is 0. The maximum atomic E-state index is 2.20. The summed E-state index contributed by atoms with van der Waals surface area (Å²) in [5.74, 6) is 0. The summed E-state index contributed by atoms with van der Waals surface area (Å²) >= 11 is 0. The number of aryl methyl sites for hydroxylation is 2. The minimum absolute atomic E-state index is 1.25. The van der Waals surface area contributed by atoms with Crippen molar-refractivity contribution >= 4 is 6.08 Å². The van der Waals surface area contributed by atoms with Crippen LogP contribution in [0.4, 0.5) is 0 Å². The molecule has 1 rings (SSSR count). The Labute approximate surface area is 88.7 Å². The van der Waals surface area contributed by atoms with Crippen molar-refractivity contribution in [3.8, 4) is 0 Å². The van der Waals surface area contributed by atoms with Crippen LogP contribution in [0.15, 0.2) is 24.3 Å². The molecule has 0 aromatic heterocycles. The van der Waals surface area contributed by atoms with E-state index < -0.39 is 0 Å². The van der Waals surface area contributed by atoms with Gasteiger partial charge in [0.15, 0.2) is 0 Å². The number of hydrogen-bond donors (Lipinski definition) is 0. The normalized spacial score (nSPS) is 9.79. The van der Waals surface area contributed by atoms with Crippen LogP contribution in [0.1, 0.15) is 43.9 Å². The van der Waals surface area contributed by atoms with Gasteiger partial charge in [0.05, 0.1) is 0 Å². The average Bonchev–Trinajstić information content (AvgIpc) is 2.11. The molecule has 0 unspecified atom stereocenters. The van der Waals surface area contributed by atoms with Crippen molar-refractivity contribution in [1.82, 2.24) is 0 Å². The average molecular weight is 190 g/mol. The molecule has 0 spiro atoms. The molecule has 0 heterocycles. The maximum absolute atomic E-state index is 2.20. The van der Waals surface area contributed by atoms with Gasteiger partial charge in [-0.2, -0.15) is 0 Å². The van der Waals surface area contributed by atoms with E-state index in [1.807, 2.05) is 6.92 Å². The summed E-state index contributed by atoms with van der Waals surface area (Å²) in [6, 6.07) is 6.50. The number of allylic oxidation sites excluding steroid dienone is 1. The maximum Gasteiger partial charge on any atom is -0.0230 e. The molecule has 0 N–H and O–H groups in total. The smallest absolute Gasteiger partial charge is 0.0230 e. The molecule has 0 heteroatoms. The first-order valence-corrected chi connectivity index (χ1v) is 5.35. The highest BCUT2D eigenvalue weighted by Gasteiger charge is 1.91. The Kier molecular flexibility index (Phi) is 6.82. The van der Waals surface area contributed by atoms with Crippen molar-refractivity contribution in [2.24, 2.45) is 0 Å². The second-order valence-electron chi connectivity index (χ2n) is 3.57. The third-order valence-electron chi connectivity index (χ3n) is 1.77. The molecule has 0 amide bonds. The Morgan fingerprint density at radius 1 is 1.14 bits per heavy atom. The largest absolute Gasteiger partial charge is 0.0871 e. The van der Waals surface area contributed by atoms with Gasteiger partial charge in [0.2, 0.25) is 0 Å². The second-order valence-corrected chi connectivity index (χ2v) is 3.57. The van der Waals surface area contributed by atoms with Crippen LogP contribution in [-0.4, -0.2) is 0 Å². The molecule has 0 nitrogen and oxygen atoms in total. The van der Waals surface area contributed by atoms with Crippen molar-refractivity contribution in [3.63, 3.8) is 0 Å². The molecule has 0 saturated carbocycles. The highest BCUT2D eigenvalue weighted by molar-refractivity contribution is 5.53. The molecule has 0 bridgehead atoms. The predicted octanol–water partition coefficient (Wildman–Crippen LogP) is 4.75. The van der Waals surface area contributed by atoms with Gasteiger partial charge >= 0.3 is 0 Å². The first-order valence-electron chi connectivity index (χ1n) is 5.35. The molecule has 0 saturated heterocycles. The fourth-order valence-corrected chi connectivity index (χ4v) is 1.19. The fourth-order valence-electron chi connectivity index (χ4n) is 1.19. The first kappa shape index (κ1) is 13.0. The lowest BCUT2D eigenvalue weighted by molar-refractivity contribution is 1.09. The van der Waals surface area contributed by atoms with E-state index in [2.05, 4.69) is 58.0 Å². The summed E-state index contributed by atoms with van der Waals surface area (Å²) in [5, 5.41) is 0. The number of hydrogen-bond acceptors (Lipinski definition) is 0. The monoisotopic (exact) mass is 190 g/mol. The van der Waals surface area contributed by atoms with Gasteiger partial charge in [-0.3, -0.25) is 0 Å². The van der Waals surface area contributed by atoms with E-state index in [9.17, 15) is 0 Å². The van der Waals surface area contributed by atoms with Gasteiger partial charge in [0, 0.05) is 0 Å². The van der Waals surface area contributed by atoms with Crippen molar-refractivity contribution in [2.45, 2.75) is 41.0 Å². The van der Waals surface area contributed by atoms with E-state index in [0.29, 0.717) is 0 Å². The topological polar surface area (TPSA) is 0 Å². The summed E-state index contributed by atoms with van der Waals surface area (Å²) in [4.78, 5) is 0. The number of benzene rings is 1. The first-order chi connectivity index (χ1) is 6.65. The zero-order valence-electron chi connectivity index (χ0n) is 10.1. The van der Waals surface area contributed by atoms with Crippen LogP contribution in [0.5, 0.6) is 0 Å². The van der Waals surface area contributed by atoms with E-state index in [-0.39, 0.29) is 0 Å². The minimum atomic E-state index is 1.25. The van der Waals surface area contributed by atoms with E-state index in [1.165, 1.54) is 23.1 Å². The highest BCUT2D eigenvalue weighted by atomic mass is 14.0. The van der Waals surface area contributed by atoms with Gasteiger partial charge in [-0.1, -0.05) is 56.2 Å². The second kappa shape index (κ2) is 7.37. The molecular formula is C14H22. The quantitative estimate of drug-likeness (QED) is 0.599. The molecule has 1 aromatic carbocycles. The van der Waals surface area contributed by atoms with Gasteiger partial charge < -0.3 is 0 Å². The van der Waals surface area contributed by atoms with Gasteiger partial charge in [-0.05, 0) is 31.9 Å². The number of rotatable bonds is 1. The molecule has 0 atom stereocenters. The molecule has 14 heavy (non-hydrogen) atoms. The molecule has 0 aliphatic heterocycles. The van der Waals surface area contributed by atoms with Crippen LogP contribution in [0.2, 0.25) is 0 Å². The summed E-state index contributed by atoms with van der Waals surface area (Å²) in [6.07, 6.45) is 5.45. The molecule has 0 fully saturated rings. The van der Waals surface area contributed by atoms with Crippen LogP contribution in [0, 0.1) is 13.8 Å². The van der Waals surface area contributed by atoms with Crippen LogP contribution in [-0.2, 0) is 0 Å². The van der Waals surface area contributed by atoms with Crippen LogP contribution < -0.4 is 0 Å². The van der Waals surface area contributed by atoms with Crippen molar-refractivity contribution in [3.05, 3.63) is 41.0 Å². The standard InChI is InChI=1S/C11H14.C3H8/c1-4-5-11-7-6-9(2)8-10(11)3;1-3-2/h4-8H,1-3H3;3H2,1-2H3/b5-4+;. The molecular weight excluding hydrogens is 168 g/mol. The van der Waals surface area contributed by atoms with Gasteiger partial charge in [-0.15, -0.1) is 0 Å². The van der Waals surface area contributed by atoms with Crippen LogP contribution >= 0.6 is 0 Å². The fraction of sp³-hybridized carbons (Fsp3) is 0.429. The lowest BCUT2D eigenvalue weighted by Crippen LogP contribution is -1.80. The summed E-state index contributed by atoms with van der Waals surface area (Å²) in [6.45, 7) is 10.5. The van der Waals surface area contributed by atoms with E-state index in [1.54, 1.807) is 0 Å². The van der Waals surface area contributed by atoms with Gasteiger partial charge in [0.1, 0.15) is 0 Å². The molecule has 1 aromatic rings. The molecule has 78 valence electrons. The van der Waals surface area contributed by atoms with Crippen molar-refractivity contribution in [2.75, 3.05) is 0 Å². The molecule has 0 aliphatic rings. The van der Waals surface area contributed by atoms with E-state index in [4.69, 9.17) is 0 Å². The Bertz CT molecular complexity index is 282. The lowest BCUT2D eigenvalue weighted by Gasteiger charge is -2.00. The lowest BCUT2D eigenvalue weighted by atomic mass is 10.1. The third-order valence-corrected chi connectivity index (χ3v) is 1.77. The zero-order valence-corrected chi connectivity index (χ0v) is 10.1. The van der Waals surface area contributed by atoms with E-state index >= 15 is 0 Å².